The zero-order valence-corrected chi connectivity index (χ0v) is 7.93. The largest absolute Gasteiger partial charge is 0.469 e. The number of carbonyl (C=O) groups is 1. The lowest BCUT2D eigenvalue weighted by molar-refractivity contribution is -0.146. The normalized spacial score (nSPS) is 30.0. The number of allylic oxidation sites excluding steroid dienone is 1. The first-order valence-corrected chi connectivity index (χ1v) is 4.47. The van der Waals surface area contributed by atoms with Gasteiger partial charge in [-0.1, -0.05) is 12.2 Å². The number of halogens is 1. The lowest BCUT2D eigenvalue weighted by Gasteiger charge is -2.25. The topological polar surface area (TPSA) is 26.3 Å². The van der Waals surface area contributed by atoms with Crippen molar-refractivity contribution < 1.29 is 9.53 Å². The summed E-state index contributed by atoms with van der Waals surface area (Å²) in [6.45, 7) is 3.85. The standard InChI is InChI=1S/C9H13ClO2/c1-6-3-4-7(8(10)5-6)9(11)12-2/h7-8H,1,3-5H2,2H3. The molecule has 0 heterocycles. The summed E-state index contributed by atoms with van der Waals surface area (Å²) in [6.07, 6.45) is 2.41. The highest BCUT2D eigenvalue weighted by Crippen LogP contribution is 2.31. The Morgan fingerprint density at radius 3 is 2.92 bits per heavy atom. The quantitative estimate of drug-likeness (QED) is 0.358. The van der Waals surface area contributed by atoms with Crippen LogP contribution in [0.15, 0.2) is 12.2 Å². The van der Waals surface area contributed by atoms with Gasteiger partial charge in [0.2, 0.25) is 0 Å². The molecule has 2 nitrogen and oxygen atoms in total. The molecule has 2 atom stereocenters. The zero-order chi connectivity index (χ0) is 9.14. The van der Waals surface area contributed by atoms with Crippen LogP contribution in [0.3, 0.4) is 0 Å². The van der Waals surface area contributed by atoms with Gasteiger partial charge in [-0.15, -0.1) is 11.6 Å². The Labute approximate surface area is 77.5 Å². The molecular formula is C9H13ClO2. The second-order valence-corrected chi connectivity index (χ2v) is 3.70. The van der Waals surface area contributed by atoms with E-state index in [1.807, 2.05) is 0 Å². The lowest BCUT2D eigenvalue weighted by atomic mass is 9.86. The minimum absolute atomic E-state index is 0.126. The first kappa shape index (κ1) is 9.59. The molecule has 0 aromatic carbocycles. The number of hydrogen-bond acceptors (Lipinski definition) is 2. The van der Waals surface area contributed by atoms with Crippen LogP contribution in [0.2, 0.25) is 0 Å². The molecule has 1 rings (SSSR count). The van der Waals surface area contributed by atoms with Crippen molar-refractivity contribution >= 4 is 17.6 Å². The summed E-state index contributed by atoms with van der Waals surface area (Å²) in [5.41, 5.74) is 1.13. The number of carbonyl (C=O) groups excluding carboxylic acids is 1. The molecule has 0 aromatic heterocycles. The minimum Gasteiger partial charge on any atom is -0.469 e. The molecule has 2 unspecified atom stereocenters. The van der Waals surface area contributed by atoms with Crippen LogP contribution in [0.25, 0.3) is 0 Å². The van der Waals surface area contributed by atoms with E-state index >= 15 is 0 Å². The van der Waals surface area contributed by atoms with Gasteiger partial charge in [-0.25, -0.2) is 0 Å². The van der Waals surface area contributed by atoms with Gasteiger partial charge in [-0.2, -0.15) is 0 Å². The van der Waals surface area contributed by atoms with Gasteiger partial charge >= 0.3 is 5.97 Å². The Morgan fingerprint density at radius 1 is 1.75 bits per heavy atom. The van der Waals surface area contributed by atoms with Crippen molar-refractivity contribution in [3.63, 3.8) is 0 Å². The molecule has 1 saturated carbocycles. The molecule has 1 aliphatic rings. The van der Waals surface area contributed by atoms with Gasteiger partial charge in [-0.3, -0.25) is 4.79 Å². The van der Waals surface area contributed by atoms with Crippen molar-refractivity contribution in [3.05, 3.63) is 12.2 Å². The second-order valence-electron chi connectivity index (χ2n) is 3.14. The number of methoxy groups -OCH3 is 1. The van der Waals surface area contributed by atoms with Crippen molar-refractivity contribution in [2.45, 2.75) is 24.6 Å². The molecule has 0 saturated heterocycles. The van der Waals surface area contributed by atoms with Gasteiger partial charge in [0.15, 0.2) is 0 Å². The molecule has 0 aromatic rings. The molecule has 1 aliphatic carbocycles. The third kappa shape index (κ3) is 2.01. The molecule has 0 aliphatic heterocycles. The maximum absolute atomic E-state index is 11.1. The molecule has 68 valence electrons. The van der Waals surface area contributed by atoms with E-state index in [0.29, 0.717) is 0 Å². The van der Waals surface area contributed by atoms with Crippen LogP contribution in [-0.2, 0) is 9.53 Å². The third-order valence-corrected chi connectivity index (χ3v) is 2.69. The van der Waals surface area contributed by atoms with E-state index in [1.54, 1.807) is 0 Å². The average Bonchev–Trinajstić information content (AvgIpc) is 2.03. The van der Waals surface area contributed by atoms with Crippen LogP contribution < -0.4 is 0 Å². The summed E-state index contributed by atoms with van der Waals surface area (Å²) < 4.78 is 4.64. The molecule has 0 spiro atoms. The fourth-order valence-corrected chi connectivity index (χ4v) is 1.92. The summed E-state index contributed by atoms with van der Waals surface area (Å²) in [5, 5.41) is -0.126. The van der Waals surface area contributed by atoms with Crippen LogP contribution in [0.4, 0.5) is 0 Å². The van der Waals surface area contributed by atoms with E-state index < -0.39 is 0 Å². The van der Waals surface area contributed by atoms with Gasteiger partial charge in [0.25, 0.3) is 0 Å². The van der Waals surface area contributed by atoms with Crippen LogP contribution in [0.5, 0.6) is 0 Å². The predicted molar refractivity (Wildman–Crippen MR) is 48.1 cm³/mol. The number of esters is 1. The van der Waals surface area contributed by atoms with E-state index in [0.717, 1.165) is 24.8 Å². The van der Waals surface area contributed by atoms with Crippen LogP contribution >= 0.6 is 11.6 Å². The predicted octanol–water partition coefficient (Wildman–Crippen LogP) is 2.12. The highest BCUT2D eigenvalue weighted by molar-refractivity contribution is 6.22. The Morgan fingerprint density at radius 2 is 2.42 bits per heavy atom. The monoisotopic (exact) mass is 188 g/mol. The molecule has 12 heavy (non-hydrogen) atoms. The number of hydrogen-bond donors (Lipinski definition) is 0. The van der Waals surface area contributed by atoms with Gasteiger partial charge in [0.1, 0.15) is 0 Å². The fourth-order valence-electron chi connectivity index (χ4n) is 1.48. The molecule has 0 N–H and O–H groups in total. The molecule has 0 radical (unpaired) electrons. The zero-order valence-electron chi connectivity index (χ0n) is 7.18. The number of ether oxygens (including phenoxy) is 1. The van der Waals surface area contributed by atoms with Crippen molar-refractivity contribution in [1.29, 1.82) is 0 Å². The maximum atomic E-state index is 11.1. The summed E-state index contributed by atoms with van der Waals surface area (Å²) in [7, 11) is 1.40. The second kappa shape index (κ2) is 3.94. The third-order valence-electron chi connectivity index (χ3n) is 2.23. The smallest absolute Gasteiger partial charge is 0.310 e. The van der Waals surface area contributed by atoms with Crippen LogP contribution in [0.1, 0.15) is 19.3 Å². The first-order valence-electron chi connectivity index (χ1n) is 4.03. The SMILES string of the molecule is C=C1CCC(C(=O)OC)C(Cl)C1. The highest BCUT2D eigenvalue weighted by Gasteiger charge is 2.31. The van der Waals surface area contributed by atoms with Crippen molar-refractivity contribution in [1.82, 2.24) is 0 Å². The van der Waals surface area contributed by atoms with Crippen LogP contribution in [0, 0.1) is 5.92 Å². The minimum atomic E-state index is -0.192. The summed E-state index contributed by atoms with van der Waals surface area (Å²) in [4.78, 5) is 11.1. The van der Waals surface area contributed by atoms with E-state index in [-0.39, 0.29) is 17.3 Å². The summed E-state index contributed by atoms with van der Waals surface area (Å²) in [5.74, 6) is -0.329. The Kier molecular flexibility index (Phi) is 3.15. The Hall–Kier alpha value is -0.500. The summed E-state index contributed by atoms with van der Waals surface area (Å²) in [6, 6.07) is 0. The van der Waals surface area contributed by atoms with Crippen LogP contribution in [-0.4, -0.2) is 18.5 Å². The summed E-state index contributed by atoms with van der Waals surface area (Å²) >= 11 is 5.99. The fraction of sp³-hybridized carbons (Fsp3) is 0.667. The lowest BCUT2D eigenvalue weighted by Crippen LogP contribution is -2.29. The Bertz CT molecular complexity index is 201. The van der Waals surface area contributed by atoms with Crippen molar-refractivity contribution in [2.75, 3.05) is 7.11 Å². The number of rotatable bonds is 1. The first-order chi connectivity index (χ1) is 5.65. The van der Waals surface area contributed by atoms with E-state index in [9.17, 15) is 4.79 Å². The van der Waals surface area contributed by atoms with Crippen molar-refractivity contribution in [2.24, 2.45) is 5.92 Å². The van der Waals surface area contributed by atoms with E-state index in [2.05, 4.69) is 11.3 Å². The van der Waals surface area contributed by atoms with Crippen molar-refractivity contribution in [3.8, 4) is 0 Å². The maximum Gasteiger partial charge on any atom is 0.310 e. The van der Waals surface area contributed by atoms with E-state index in [4.69, 9.17) is 11.6 Å². The van der Waals surface area contributed by atoms with Gasteiger partial charge < -0.3 is 4.74 Å². The molecule has 0 bridgehead atoms. The molecule has 3 heteroatoms. The average molecular weight is 189 g/mol. The van der Waals surface area contributed by atoms with Gasteiger partial charge in [0, 0.05) is 0 Å². The number of alkyl halides is 1. The molecule has 1 fully saturated rings. The molecular weight excluding hydrogens is 176 g/mol. The molecule has 0 amide bonds. The Balaban J connectivity index is 2.56. The van der Waals surface area contributed by atoms with Gasteiger partial charge in [0.05, 0.1) is 18.4 Å². The van der Waals surface area contributed by atoms with E-state index in [1.165, 1.54) is 7.11 Å². The van der Waals surface area contributed by atoms with Gasteiger partial charge in [-0.05, 0) is 19.3 Å². The highest BCUT2D eigenvalue weighted by atomic mass is 35.5.